The van der Waals surface area contributed by atoms with Crippen molar-refractivity contribution in [3.63, 3.8) is 0 Å². The van der Waals surface area contributed by atoms with Gasteiger partial charge in [-0.2, -0.15) is 11.3 Å². The van der Waals surface area contributed by atoms with Gasteiger partial charge in [-0.05, 0) is 28.5 Å². The Hall–Kier alpha value is -1.84. The molecule has 0 saturated heterocycles. The summed E-state index contributed by atoms with van der Waals surface area (Å²) in [7, 11) is 0. The second-order valence-electron chi connectivity index (χ2n) is 4.55. The van der Waals surface area contributed by atoms with Crippen molar-refractivity contribution in [3.05, 3.63) is 77.5 Å². The third-order valence-corrected chi connectivity index (χ3v) is 3.88. The Labute approximate surface area is 124 Å². The minimum atomic E-state index is 0.0125. The first-order valence-electron chi connectivity index (χ1n) is 6.53. The molecule has 0 aliphatic carbocycles. The Kier molecular flexibility index (Phi) is 5.16. The van der Waals surface area contributed by atoms with Gasteiger partial charge < -0.3 is 5.11 Å². The van der Waals surface area contributed by atoms with E-state index in [1.807, 2.05) is 30.4 Å². The molecule has 2 nitrogen and oxygen atoms in total. The first-order valence-corrected chi connectivity index (χ1v) is 7.48. The summed E-state index contributed by atoms with van der Waals surface area (Å²) in [5.74, 6) is 0.321. The van der Waals surface area contributed by atoms with E-state index >= 15 is 0 Å². The van der Waals surface area contributed by atoms with E-state index in [0.29, 0.717) is 5.75 Å². The molecular formula is C17H19NOS. The minimum absolute atomic E-state index is 0.0125. The Balaban J connectivity index is 2.46. The molecule has 0 saturated carbocycles. The summed E-state index contributed by atoms with van der Waals surface area (Å²) in [4.78, 5) is 2.23. The number of aromatic hydroxyl groups is 1. The highest BCUT2D eigenvalue weighted by Gasteiger charge is 2.23. The van der Waals surface area contributed by atoms with Gasteiger partial charge in [-0.1, -0.05) is 30.4 Å². The molecule has 2 aromatic rings. The van der Waals surface area contributed by atoms with Crippen LogP contribution in [0, 0.1) is 0 Å². The highest BCUT2D eigenvalue weighted by molar-refractivity contribution is 7.08. The molecule has 1 heterocycles. The van der Waals surface area contributed by atoms with Crippen LogP contribution in [0.3, 0.4) is 0 Å². The predicted molar refractivity (Wildman–Crippen MR) is 86.2 cm³/mol. The zero-order valence-corrected chi connectivity index (χ0v) is 12.2. The highest BCUT2D eigenvalue weighted by Crippen LogP contribution is 2.34. The van der Waals surface area contributed by atoms with Gasteiger partial charge in [0.15, 0.2) is 0 Å². The summed E-state index contributed by atoms with van der Waals surface area (Å²) in [6, 6.07) is 9.61. The summed E-state index contributed by atoms with van der Waals surface area (Å²) < 4.78 is 0. The molecule has 0 fully saturated rings. The molecule has 0 aliphatic heterocycles. The van der Waals surface area contributed by atoms with Gasteiger partial charge in [0.25, 0.3) is 0 Å². The molecule has 3 heteroatoms. The summed E-state index contributed by atoms with van der Waals surface area (Å²) in [5, 5.41) is 14.4. The van der Waals surface area contributed by atoms with Crippen LogP contribution in [0.15, 0.2) is 66.4 Å². The van der Waals surface area contributed by atoms with Crippen molar-refractivity contribution in [2.24, 2.45) is 0 Å². The fourth-order valence-electron chi connectivity index (χ4n) is 2.35. The summed E-state index contributed by atoms with van der Waals surface area (Å²) in [6.07, 6.45) is 3.76. The molecule has 1 atom stereocenters. The van der Waals surface area contributed by atoms with E-state index < -0.39 is 0 Å². The predicted octanol–water partition coefficient (Wildman–Crippen LogP) is 4.22. The smallest absolute Gasteiger partial charge is 0.120 e. The van der Waals surface area contributed by atoms with Gasteiger partial charge in [-0.15, -0.1) is 13.2 Å². The number of benzene rings is 1. The zero-order chi connectivity index (χ0) is 14.4. The van der Waals surface area contributed by atoms with Crippen LogP contribution in [-0.2, 0) is 0 Å². The van der Waals surface area contributed by atoms with Crippen molar-refractivity contribution in [1.82, 2.24) is 4.90 Å². The topological polar surface area (TPSA) is 23.5 Å². The normalized spacial score (nSPS) is 12.2. The second-order valence-corrected chi connectivity index (χ2v) is 5.33. The second kappa shape index (κ2) is 7.08. The van der Waals surface area contributed by atoms with Gasteiger partial charge in [0, 0.05) is 18.7 Å². The minimum Gasteiger partial charge on any atom is -0.508 e. The molecule has 104 valence electrons. The first-order chi connectivity index (χ1) is 9.77. The average Bonchev–Trinajstić information content (AvgIpc) is 2.96. The lowest BCUT2D eigenvalue weighted by atomic mass is 9.98. The van der Waals surface area contributed by atoms with Crippen LogP contribution in [0.5, 0.6) is 5.75 Å². The van der Waals surface area contributed by atoms with E-state index in [1.165, 1.54) is 5.56 Å². The first kappa shape index (κ1) is 14.6. The van der Waals surface area contributed by atoms with Crippen molar-refractivity contribution in [3.8, 4) is 5.75 Å². The summed E-state index contributed by atoms with van der Waals surface area (Å²) in [6.45, 7) is 9.13. The van der Waals surface area contributed by atoms with Crippen LogP contribution in [0.25, 0.3) is 0 Å². The molecule has 1 N–H and O–H groups in total. The Morgan fingerprint density at radius 3 is 2.40 bits per heavy atom. The Morgan fingerprint density at radius 1 is 1.15 bits per heavy atom. The Morgan fingerprint density at radius 2 is 1.85 bits per heavy atom. The number of para-hydroxylation sites is 1. The fraction of sp³-hybridized carbons (Fsp3) is 0.176. The standard InChI is InChI=1S/C17H19NOS/c1-3-10-18(11-4-2)17(14-9-12-20-13-14)15-7-5-6-8-16(15)19/h3-9,12-13,17,19H,1-2,10-11H2. The molecule has 2 rings (SSSR count). The number of thiophene rings is 1. The SMILES string of the molecule is C=CCN(CC=C)C(c1ccsc1)c1ccccc1O. The fourth-order valence-corrected chi connectivity index (χ4v) is 3.03. The largest absolute Gasteiger partial charge is 0.508 e. The van der Waals surface area contributed by atoms with Crippen LogP contribution in [0.2, 0.25) is 0 Å². The molecule has 0 spiro atoms. The molecule has 0 bridgehead atoms. The number of phenolic OH excluding ortho intramolecular Hbond substituents is 1. The highest BCUT2D eigenvalue weighted by atomic mass is 32.1. The quantitative estimate of drug-likeness (QED) is 0.770. The van der Waals surface area contributed by atoms with E-state index in [4.69, 9.17) is 0 Å². The van der Waals surface area contributed by atoms with Gasteiger partial charge in [-0.25, -0.2) is 0 Å². The van der Waals surface area contributed by atoms with E-state index in [9.17, 15) is 5.11 Å². The molecule has 20 heavy (non-hydrogen) atoms. The molecule has 0 aliphatic rings. The number of hydrogen-bond donors (Lipinski definition) is 1. The number of rotatable bonds is 7. The third-order valence-electron chi connectivity index (χ3n) is 3.18. The van der Waals surface area contributed by atoms with E-state index in [2.05, 4.69) is 34.9 Å². The van der Waals surface area contributed by atoms with Gasteiger partial charge in [0.2, 0.25) is 0 Å². The number of phenols is 1. The lowest BCUT2D eigenvalue weighted by molar-refractivity contribution is 0.273. The molecule has 0 radical (unpaired) electrons. The lowest BCUT2D eigenvalue weighted by Gasteiger charge is -2.30. The van der Waals surface area contributed by atoms with Crippen LogP contribution < -0.4 is 0 Å². The third kappa shape index (κ3) is 3.18. The van der Waals surface area contributed by atoms with Crippen molar-refractivity contribution in [2.45, 2.75) is 6.04 Å². The molecule has 1 aromatic heterocycles. The van der Waals surface area contributed by atoms with Crippen molar-refractivity contribution >= 4 is 11.3 Å². The van der Waals surface area contributed by atoms with Crippen LogP contribution in [0.4, 0.5) is 0 Å². The van der Waals surface area contributed by atoms with Crippen LogP contribution in [-0.4, -0.2) is 23.1 Å². The summed E-state index contributed by atoms with van der Waals surface area (Å²) in [5.41, 5.74) is 2.09. The van der Waals surface area contributed by atoms with Crippen molar-refractivity contribution in [2.75, 3.05) is 13.1 Å². The number of hydrogen-bond acceptors (Lipinski definition) is 3. The van der Waals surface area contributed by atoms with Gasteiger partial charge in [0.05, 0.1) is 6.04 Å². The number of nitrogens with zero attached hydrogens (tertiary/aromatic N) is 1. The van der Waals surface area contributed by atoms with E-state index in [-0.39, 0.29) is 6.04 Å². The van der Waals surface area contributed by atoms with Crippen LogP contribution in [0.1, 0.15) is 17.2 Å². The van der Waals surface area contributed by atoms with Gasteiger partial charge in [-0.3, -0.25) is 4.90 Å². The Bertz CT molecular complexity index is 552. The molecule has 1 unspecified atom stereocenters. The van der Waals surface area contributed by atoms with E-state index in [1.54, 1.807) is 17.4 Å². The van der Waals surface area contributed by atoms with Crippen LogP contribution >= 0.6 is 11.3 Å². The maximum atomic E-state index is 10.2. The monoisotopic (exact) mass is 285 g/mol. The lowest BCUT2D eigenvalue weighted by Crippen LogP contribution is -2.29. The molecule has 0 amide bonds. The maximum absolute atomic E-state index is 10.2. The van der Waals surface area contributed by atoms with Crippen molar-refractivity contribution in [1.29, 1.82) is 0 Å². The van der Waals surface area contributed by atoms with E-state index in [0.717, 1.165) is 18.7 Å². The van der Waals surface area contributed by atoms with Crippen molar-refractivity contribution < 1.29 is 5.11 Å². The van der Waals surface area contributed by atoms with Gasteiger partial charge >= 0.3 is 0 Å². The van der Waals surface area contributed by atoms with Gasteiger partial charge in [0.1, 0.15) is 5.75 Å². The zero-order valence-electron chi connectivity index (χ0n) is 11.4. The molecular weight excluding hydrogens is 266 g/mol. The maximum Gasteiger partial charge on any atom is 0.120 e. The molecule has 1 aromatic carbocycles. The summed E-state index contributed by atoms with van der Waals surface area (Å²) >= 11 is 1.66. The average molecular weight is 285 g/mol.